The van der Waals surface area contributed by atoms with Crippen LogP contribution in [0.4, 0.5) is 5.69 Å². The van der Waals surface area contributed by atoms with Crippen LogP contribution in [0.3, 0.4) is 0 Å². The second-order valence-electron chi connectivity index (χ2n) is 6.21. The quantitative estimate of drug-likeness (QED) is 0.264. The van der Waals surface area contributed by atoms with Gasteiger partial charge in [0.15, 0.2) is 17.2 Å². The van der Waals surface area contributed by atoms with Crippen LogP contribution in [0.1, 0.15) is 29.5 Å². The Morgan fingerprint density at radius 2 is 2.03 bits per heavy atom. The Bertz CT molecular complexity index is 1100. The van der Waals surface area contributed by atoms with Gasteiger partial charge in [0.1, 0.15) is 6.61 Å². The molecule has 0 N–H and O–H groups in total. The molecule has 30 heavy (non-hydrogen) atoms. The van der Waals surface area contributed by atoms with Crippen LogP contribution >= 0.6 is 27.5 Å². The summed E-state index contributed by atoms with van der Waals surface area (Å²) in [6.07, 6.45) is 3.18. The maximum Gasteiger partial charge on any atom is 0.338 e. The van der Waals surface area contributed by atoms with Crippen molar-refractivity contribution >= 4 is 45.4 Å². The first kappa shape index (κ1) is 21.9. The number of halogens is 2. The van der Waals surface area contributed by atoms with Gasteiger partial charge in [-0.1, -0.05) is 41.0 Å². The van der Waals surface area contributed by atoms with E-state index < -0.39 is 4.92 Å². The predicted octanol–water partition coefficient (Wildman–Crippen LogP) is 6.46. The minimum atomic E-state index is -0.515. The van der Waals surface area contributed by atoms with E-state index in [2.05, 4.69) is 21.1 Å². The van der Waals surface area contributed by atoms with Crippen LogP contribution in [0.25, 0.3) is 12.2 Å². The van der Waals surface area contributed by atoms with Gasteiger partial charge in [0.2, 0.25) is 5.76 Å². The molecule has 0 atom stereocenters. The van der Waals surface area contributed by atoms with Crippen LogP contribution in [0.5, 0.6) is 11.5 Å². The van der Waals surface area contributed by atoms with Gasteiger partial charge in [0.05, 0.1) is 16.0 Å². The topological polar surface area (TPSA) is 87.6 Å². The number of nitrogens with zero attached hydrogens (tertiary/aromatic N) is 2. The molecule has 0 bridgehead atoms. The highest BCUT2D eigenvalue weighted by Crippen LogP contribution is 2.38. The third kappa shape index (κ3) is 5.01. The molecule has 3 rings (SSSR count). The number of hydrogen-bond donors (Lipinski definition) is 0. The number of rotatable bonds is 8. The minimum Gasteiger partial charge on any atom is -0.490 e. The van der Waals surface area contributed by atoms with Gasteiger partial charge in [-0.15, -0.1) is 0 Å². The summed E-state index contributed by atoms with van der Waals surface area (Å²) in [5.74, 6) is 1.14. The summed E-state index contributed by atoms with van der Waals surface area (Å²) >= 11 is 9.71. The molecule has 0 spiro atoms. The van der Waals surface area contributed by atoms with Crippen molar-refractivity contribution in [1.29, 1.82) is 0 Å². The van der Waals surface area contributed by atoms with E-state index in [1.54, 1.807) is 18.2 Å². The zero-order chi connectivity index (χ0) is 21.7. The fourth-order valence-electron chi connectivity index (χ4n) is 2.74. The third-order valence-corrected chi connectivity index (χ3v) is 5.09. The summed E-state index contributed by atoms with van der Waals surface area (Å²) in [4.78, 5) is 10.7. The summed E-state index contributed by atoms with van der Waals surface area (Å²) in [6.45, 7) is 4.11. The number of ether oxygens (including phenoxy) is 2. The van der Waals surface area contributed by atoms with Crippen molar-refractivity contribution in [2.45, 2.75) is 20.5 Å². The molecule has 7 nitrogen and oxygen atoms in total. The largest absolute Gasteiger partial charge is 0.490 e. The fourth-order valence-corrected chi connectivity index (χ4v) is 3.50. The Kier molecular flexibility index (Phi) is 7.12. The highest BCUT2D eigenvalue weighted by molar-refractivity contribution is 9.10. The van der Waals surface area contributed by atoms with Gasteiger partial charge >= 0.3 is 5.69 Å². The van der Waals surface area contributed by atoms with Crippen molar-refractivity contribution in [2.24, 2.45) is 0 Å². The van der Waals surface area contributed by atoms with Crippen LogP contribution in [0.2, 0.25) is 5.02 Å². The molecule has 1 heterocycles. The van der Waals surface area contributed by atoms with Gasteiger partial charge in [-0.3, -0.25) is 10.1 Å². The van der Waals surface area contributed by atoms with Crippen LogP contribution in [-0.4, -0.2) is 16.7 Å². The first-order valence-corrected chi connectivity index (χ1v) is 10.2. The van der Waals surface area contributed by atoms with E-state index in [0.717, 1.165) is 11.1 Å². The van der Waals surface area contributed by atoms with Gasteiger partial charge in [-0.2, -0.15) is 0 Å². The maximum atomic E-state index is 11.2. The van der Waals surface area contributed by atoms with Crippen molar-refractivity contribution in [1.82, 2.24) is 5.16 Å². The third-order valence-electron chi connectivity index (χ3n) is 4.13. The number of aryl methyl sites for hydroxylation is 1. The van der Waals surface area contributed by atoms with Crippen LogP contribution < -0.4 is 9.47 Å². The lowest BCUT2D eigenvalue weighted by molar-refractivity contribution is -0.386. The molecular weight excluding hydrogens is 476 g/mol. The van der Waals surface area contributed by atoms with Crippen molar-refractivity contribution in [3.8, 4) is 11.5 Å². The van der Waals surface area contributed by atoms with Crippen molar-refractivity contribution in [2.75, 3.05) is 6.61 Å². The first-order valence-electron chi connectivity index (χ1n) is 9.02. The minimum absolute atomic E-state index is 0.0747. The summed E-state index contributed by atoms with van der Waals surface area (Å²) in [5, 5.41) is 15.5. The molecule has 0 saturated heterocycles. The molecule has 0 unspecified atom stereocenters. The number of nitro groups is 1. The van der Waals surface area contributed by atoms with E-state index in [0.29, 0.717) is 27.6 Å². The van der Waals surface area contributed by atoms with Gasteiger partial charge in [-0.05, 0) is 59.6 Å². The van der Waals surface area contributed by atoms with E-state index in [1.807, 2.05) is 31.2 Å². The Hall–Kier alpha value is -2.84. The molecule has 2 aromatic carbocycles. The van der Waals surface area contributed by atoms with Crippen molar-refractivity contribution in [3.05, 3.63) is 78.6 Å². The molecule has 0 amide bonds. The molecular formula is C21H18BrClN2O5. The molecule has 1 aromatic heterocycles. The van der Waals surface area contributed by atoms with E-state index in [9.17, 15) is 10.1 Å². The lowest BCUT2D eigenvalue weighted by Crippen LogP contribution is -2.01. The molecule has 3 aromatic rings. The predicted molar refractivity (Wildman–Crippen MR) is 118 cm³/mol. The lowest BCUT2D eigenvalue weighted by atomic mass is 10.1. The van der Waals surface area contributed by atoms with Crippen molar-refractivity contribution in [3.63, 3.8) is 0 Å². The summed E-state index contributed by atoms with van der Waals surface area (Å²) in [5.41, 5.74) is 1.65. The molecule has 9 heteroatoms. The monoisotopic (exact) mass is 492 g/mol. The van der Waals surface area contributed by atoms with Crippen LogP contribution in [-0.2, 0) is 6.61 Å². The average molecular weight is 494 g/mol. The Labute approximate surface area is 186 Å². The SMILES string of the molecule is CCOc1cc(/C=C\c2onc(C)c2[N+](=O)[O-])cc(Br)c1OCc1ccccc1Cl. The van der Waals surface area contributed by atoms with E-state index in [-0.39, 0.29) is 23.7 Å². The van der Waals surface area contributed by atoms with E-state index >= 15 is 0 Å². The summed E-state index contributed by atoms with van der Waals surface area (Å²) in [7, 11) is 0. The van der Waals surface area contributed by atoms with Gasteiger partial charge < -0.3 is 14.0 Å². The molecule has 0 saturated carbocycles. The fraction of sp³-hybridized carbons (Fsp3) is 0.190. The Morgan fingerprint density at radius 3 is 2.73 bits per heavy atom. The Balaban J connectivity index is 1.87. The Morgan fingerprint density at radius 1 is 1.27 bits per heavy atom. The second kappa shape index (κ2) is 9.77. The molecule has 0 fully saturated rings. The van der Waals surface area contributed by atoms with Crippen LogP contribution in [0.15, 0.2) is 45.4 Å². The molecule has 0 aliphatic rings. The van der Waals surface area contributed by atoms with Gasteiger partial charge in [-0.25, -0.2) is 0 Å². The summed E-state index contributed by atoms with van der Waals surface area (Å²) in [6, 6.07) is 11.0. The second-order valence-corrected chi connectivity index (χ2v) is 7.48. The van der Waals surface area contributed by atoms with Gasteiger partial charge in [0, 0.05) is 10.6 Å². The van der Waals surface area contributed by atoms with Gasteiger partial charge in [0.25, 0.3) is 0 Å². The zero-order valence-electron chi connectivity index (χ0n) is 16.2. The zero-order valence-corrected chi connectivity index (χ0v) is 18.6. The number of hydrogen-bond acceptors (Lipinski definition) is 6. The number of benzene rings is 2. The smallest absolute Gasteiger partial charge is 0.338 e. The van der Waals surface area contributed by atoms with E-state index in [1.165, 1.54) is 13.0 Å². The maximum absolute atomic E-state index is 11.2. The highest BCUT2D eigenvalue weighted by atomic mass is 79.9. The normalized spacial score (nSPS) is 11.1. The number of aromatic nitrogens is 1. The molecule has 0 aliphatic carbocycles. The summed E-state index contributed by atoms with van der Waals surface area (Å²) < 4.78 is 17.4. The molecule has 0 aliphatic heterocycles. The average Bonchev–Trinajstić information content (AvgIpc) is 3.08. The molecule has 156 valence electrons. The molecule has 0 radical (unpaired) electrons. The highest BCUT2D eigenvalue weighted by Gasteiger charge is 2.22. The van der Waals surface area contributed by atoms with Crippen molar-refractivity contribution < 1.29 is 18.9 Å². The first-order chi connectivity index (χ1) is 14.4. The lowest BCUT2D eigenvalue weighted by Gasteiger charge is -2.15. The van der Waals surface area contributed by atoms with Crippen LogP contribution in [0, 0.1) is 17.0 Å². The van der Waals surface area contributed by atoms with E-state index in [4.69, 9.17) is 25.6 Å². The standard InChI is InChI=1S/C21H18BrClN2O5/c1-3-28-19-11-14(8-9-18-20(25(26)27)13(2)24-30-18)10-16(22)21(19)29-12-15-6-4-5-7-17(15)23/h4-11H,3,12H2,1-2H3/b9-8-.